The number of hydrogen-bond donors (Lipinski definition) is 1. The maximum absolute atomic E-state index is 11.4. The summed E-state index contributed by atoms with van der Waals surface area (Å²) in [4.78, 5) is 20.3. The van der Waals surface area contributed by atoms with Gasteiger partial charge in [-0.3, -0.25) is 9.78 Å². The normalized spacial score (nSPS) is 12.9. The second-order valence-corrected chi connectivity index (χ2v) is 15.6. The summed E-state index contributed by atoms with van der Waals surface area (Å²) >= 11 is 0. The van der Waals surface area contributed by atoms with Crippen molar-refractivity contribution in [3.63, 3.8) is 0 Å². The summed E-state index contributed by atoms with van der Waals surface area (Å²) in [5.41, 5.74) is 9.91. The van der Waals surface area contributed by atoms with Crippen LogP contribution in [0.1, 0.15) is 55.1 Å². The lowest BCUT2D eigenvalue weighted by atomic mass is 10.0. The number of carbonyl (C=O) groups excluding carboxylic acids is 1. The summed E-state index contributed by atoms with van der Waals surface area (Å²) in [6.07, 6.45) is 4.40. The lowest BCUT2D eigenvalue weighted by Crippen LogP contribution is -2.42. The van der Waals surface area contributed by atoms with Crippen LogP contribution in [0.5, 0.6) is 0 Å². The summed E-state index contributed by atoms with van der Waals surface area (Å²) in [6, 6.07) is 22.4. The molecule has 0 spiro atoms. The Labute approximate surface area is 220 Å². The number of aryl methyl sites for hydroxylation is 1. The first-order valence-corrected chi connectivity index (χ1v) is 15.5. The first-order chi connectivity index (χ1) is 17.5. The number of oxazole rings is 1. The standard InChI is InChI=1S/C30H35N3O3Si/c1-30(2,3)37(4,5)36-26(18-13-21-11-14-23(15-12-21)22-9-7-6-8-10-22)29-33-20-27(35-29)25-17-16-24(19-32-25)28(31)34/h6-12,14-17,19-20,26H,13,18H2,1-5H3,(H2,31,34). The van der Waals surface area contributed by atoms with Gasteiger partial charge in [0.1, 0.15) is 11.8 Å². The highest BCUT2D eigenvalue weighted by atomic mass is 28.4. The van der Waals surface area contributed by atoms with E-state index < -0.39 is 14.2 Å². The molecule has 0 radical (unpaired) electrons. The third kappa shape index (κ3) is 6.42. The van der Waals surface area contributed by atoms with Crippen molar-refractivity contribution in [2.75, 3.05) is 0 Å². The van der Waals surface area contributed by atoms with Crippen molar-refractivity contribution in [1.29, 1.82) is 0 Å². The van der Waals surface area contributed by atoms with Crippen molar-refractivity contribution in [2.24, 2.45) is 5.73 Å². The van der Waals surface area contributed by atoms with E-state index in [1.165, 1.54) is 22.9 Å². The Morgan fingerprint density at radius 1 is 0.946 bits per heavy atom. The molecule has 0 aliphatic carbocycles. The van der Waals surface area contributed by atoms with E-state index in [9.17, 15) is 4.79 Å². The van der Waals surface area contributed by atoms with Crippen LogP contribution in [0.3, 0.4) is 0 Å². The molecular weight excluding hydrogens is 478 g/mol. The zero-order valence-electron chi connectivity index (χ0n) is 22.2. The number of rotatable bonds is 9. The van der Waals surface area contributed by atoms with Gasteiger partial charge in [0.2, 0.25) is 11.8 Å². The second kappa shape index (κ2) is 10.8. The van der Waals surface area contributed by atoms with E-state index in [1.807, 2.05) is 6.07 Å². The SMILES string of the molecule is CC(C)(C)[Si](C)(C)OC(CCc1ccc(-c2ccccc2)cc1)c1ncc(-c2ccc(C(N)=O)cn2)o1. The minimum atomic E-state index is -2.10. The van der Waals surface area contributed by atoms with Gasteiger partial charge in [-0.1, -0.05) is 75.4 Å². The molecule has 1 atom stereocenters. The number of hydrogen-bond acceptors (Lipinski definition) is 5. The van der Waals surface area contributed by atoms with E-state index in [4.69, 9.17) is 14.6 Å². The first kappa shape index (κ1) is 26.5. The molecule has 6 nitrogen and oxygen atoms in total. The zero-order valence-corrected chi connectivity index (χ0v) is 23.2. The van der Waals surface area contributed by atoms with Crippen molar-refractivity contribution >= 4 is 14.2 Å². The monoisotopic (exact) mass is 513 g/mol. The van der Waals surface area contributed by atoms with Gasteiger partial charge in [0.25, 0.3) is 0 Å². The van der Waals surface area contributed by atoms with Crippen LogP contribution in [-0.4, -0.2) is 24.2 Å². The van der Waals surface area contributed by atoms with Gasteiger partial charge in [0.15, 0.2) is 14.1 Å². The van der Waals surface area contributed by atoms with E-state index in [-0.39, 0.29) is 11.1 Å². The molecule has 4 rings (SSSR count). The predicted molar refractivity (Wildman–Crippen MR) is 149 cm³/mol. The van der Waals surface area contributed by atoms with Gasteiger partial charge in [-0.15, -0.1) is 0 Å². The molecule has 0 aliphatic heterocycles. The highest BCUT2D eigenvalue weighted by molar-refractivity contribution is 6.74. The highest BCUT2D eigenvalue weighted by Gasteiger charge is 2.40. The summed E-state index contributed by atoms with van der Waals surface area (Å²) in [6.45, 7) is 11.2. The molecule has 37 heavy (non-hydrogen) atoms. The Balaban J connectivity index is 1.54. The van der Waals surface area contributed by atoms with E-state index in [0.29, 0.717) is 22.9 Å². The van der Waals surface area contributed by atoms with Crippen LogP contribution in [0.15, 0.2) is 83.5 Å². The van der Waals surface area contributed by atoms with Gasteiger partial charge in [0, 0.05) is 6.20 Å². The first-order valence-electron chi connectivity index (χ1n) is 12.6. The molecule has 1 unspecified atom stereocenters. The third-order valence-electron chi connectivity index (χ3n) is 7.10. The van der Waals surface area contributed by atoms with Gasteiger partial charge < -0.3 is 14.6 Å². The number of primary amides is 1. The molecule has 2 N–H and O–H groups in total. The van der Waals surface area contributed by atoms with E-state index in [1.54, 1.807) is 18.3 Å². The molecule has 2 aromatic carbocycles. The van der Waals surface area contributed by atoms with E-state index in [2.05, 4.69) is 92.4 Å². The Kier molecular flexibility index (Phi) is 7.75. The lowest BCUT2D eigenvalue weighted by molar-refractivity contribution is 0.1000. The summed E-state index contributed by atoms with van der Waals surface area (Å²) in [5, 5.41) is 0.0458. The fourth-order valence-corrected chi connectivity index (χ4v) is 5.08. The topological polar surface area (TPSA) is 91.2 Å². The average molecular weight is 514 g/mol. The third-order valence-corrected chi connectivity index (χ3v) is 11.6. The molecule has 192 valence electrons. The fraction of sp³-hybridized carbons (Fsp3) is 0.300. The van der Waals surface area contributed by atoms with Gasteiger partial charge in [-0.05, 0) is 59.8 Å². The number of aromatic nitrogens is 2. The van der Waals surface area contributed by atoms with Gasteiger partial charge >= 0.3 is 0 Å². The van der Waals surface area contributed by atoms with Gasteiger partial charge in [-0.2, -0.15) is 0 Å². The van der Waals surface area contributed by atoms with Crippen LogP contribution < -0.4 is 5.73 Å². The molecule has 2 aromatic heterocycles. The summed E-state index contributed by atoms with van der Waals surface area (Å²) in [5.74, 6) is 0.556. The van der Waals surface area contributed by atoms with Crippen molar-refractivity contribution in [1.82, 2.24) is 9.97 Å². The molecule has 0 aliphatic rings. The van der Waals surface area contributed by atoms with E-state index >= 15 is 0 Å². The van der Waals surface area contributed by atoms with Crippen molar-refractivity contribution in [3.8, 4) is 22.6 Å². The largest absolute Gasteiger partial charge is 0.436 e. The maximum Gasteiger partial charge on any atom is 0.250 e. The number of nitrogens with zero attached hydrogens (tertiary/aromatic N) is 2. The molecule has 0 saturated carbocycles. The lowest BCUT2D eigenvalue weighted by Gasteiger charge is -2.38. The van der Waals surface area contributed by atoms with Crippen LogP contribution in [-0.2, 0) is 10.8 Å². The molecule has 7 heteroatoms. The zero-order chi connectivity index (χ0) is 26.6. The number of benzene rings is 2. The van der Waals surface area contributed by atoms with Gasteiger partial charge in [0.05, 0.1) is 11.8 Å². The van der Waals surface area contributed by atoms with Crippen LogP contribution >= 0.6 is 0 Å². The Bertz CT molecular complexity index is 1330. The van der Waals surface area contributed by atoms with E-state index in [0.717, 1.165) is 12.8 Å². The Morgan fingerprint density at radius 2 is 1.62 bits per heavy atom. The Hall–Kier alpha value is -3.55. The molecule has 0 bridgehead atoms. The molecule has 1 amide bonds. The number of carbonyl (C=O) groups is 1. The quantitative estimate of drug-likeness (QED) is 0.239. The molecular formula is C30H35N3O3Si. The van der Waals surface area contributed by atoms with Crippen LogP contribution in [0, 0.1) is 0 Å². The predicted octanol–water partition coefficient (Wildman–Crippen LogP) is 7.20. The minimum Gasteiger partial charge on any atom is -0.436 e. The van der Waals surface area contributed by atoms with Crippen LogP contribution in [0.2, 0.25) is 18.1 Å². The van der Waals surface area contributed by atoms with Gasteiger partial charge in [-0.25, -0.2) is 4.98 Å². The molecule has 4 aromatic rings. The van der Waals surface area contributed by atoms with Crippen LogP contribution in [0.25, 0.3) is 22.6 Å². The number of pyridine rings is 1. The summed E-state index contributed by atoms with van der Waals surface area (Å²) < 4.78 is 13.0. The molecule has 2 heterocycles. The summed E-state index contributed by atoms with van der Waals surface area (Å²) in [7, 11) is -2.10. The molecule has 0 saturated heterocycles. The molecule has 0 fully saturated rings. The van der Waals surface area contributed by atoms with Crippen molar-refractivity contribution in [2.45, 2.75) is 57.8 Å². The highest BCUT2D eigenvalue weighted by Crippen LogP contribution is 2.41. The maximum atomic E-state index is 11.4. The average Bonchev–Trinajstić information content (AvgIpc) is 3.37. The minimum absolute atomic E-state index is 0.0458. The van der Waals surface area contributed by atoms with Crippen molar-refractivity contribution in [3.05, 3.63) is 96.1 Å². The fourth-order valence-electron chi connectivity index (χ4n) is 3.80. The van der Waals surface area contributed by atoms with Crippen molar-refractivity contribution < 1.29 is 13.6 Å². The van der Waals surface area contributed by atoms with Crippen LogP contribution in [0.4, 0.5) is 0 Å². The Morgan fingerprint density at radius 3 is 2.22 bits per heavy atom. The number of nitrogens with two attached hydrogens (primary N) is 1. The number of amides is 1. The second-order valence-electron chi connectivity index (χ2n) is 10.8. The smallest absolute Gasteiger partial charge is 0.250 e.